The summed E-state index contributed by atoms with van der Waals surface area (Å²) >= 11 is 0. The molecule has 0 unspecified atom stereocenters. The average molecular weight is 659 g/mol. The molecular formula is C45H90N2. The molecule has 280 valence electrons. The van der Waals surface area contributed by atoms with Crippen molar-refractivity contribution in [3.05, 3.63) is 12.4 Å². The summed E-state index contributed by atoms with van der Waals surface area (Å²) in [5, 5.41) is 0. The van der Waals surface area contributed by atoms with Crippen molar-refractivity contribution in [3.63, 3.8) is 0 Å². The van der Waals surface area contributed by atoms with Crippen LogP contribution in [0, 0.1) is 0 Å². The summed E-state index contributed by atoms with van der Waals surface area (Å²) in [6.45, 7) is 9.49. The topological polar surface area (TPSA) is 6.48 Å². The van der Waals surface area contributed by atoms with Crippen LogP contribution in [0.3, 0.4) is 0 Å². The van der Waals surface area contributed by atoms with Crippen LogP contribution in [-0.2, 0) is 0 Å². The van der Waals surface area contributed by atoms with Gasteiger partial charge in [-0.05, 0) is 25.7 Å². The Hall–Kier alpha value is -0.660. The molecule has 2 heteroatoms. The van der Waals surface area contributed by atoms with Crippen molar-refractivity contribution in [2.24, 2.45) is 0 Å². The lowest BCUT2D eigenvalue weighted by atomic mass is 10.0. The molecule has 0 bridgehead atoms. The lowest BCUT2D eigenvalue weighted by Gasteiger charge is -2.33. The molecule has 1 aliphatic rings. The third-order valence-corrected chi connectivity index (χ3v) is 11.1. The van der Waals surface area contributed by atoms with E-state index in [2.05, 4.69) is 43.0 Å². The molecule has 0 fully saturated rings. The standard InChI is InChI=1S/C45H90N2/c1-4-7-10-13-16-19-22-25-28-31-34-37-40-45-46(41-38-35-32-29-26-23-20-17-14-11-8-5-2)43-44-47(45)42-39-36-33-30-27-24-21-18-15-12-9-6-3/h43-45H,4-42H2,1-3H3. The van der Waals surface area contributed by atoms with Crippen molar-refractivity contribution in [2.45, 2.75) is 265 Å². The van der Waals surface area contributed by atoms with Crippen LogP contribution in [0.4, 0.5) is 0 Å². The number of unbranched alkanes of at least 4 members (excludes halogenated alkanes) is 33. The average Bonchev–Trinajstić information content (AvgIpc) is 3.47. The molecule has 0 saturated carbocycles. The van der Waals surface area contributed by atoms with E-state index in [-0.39, 0.29) is 0 Å². The molecular weight excluding hydrogens is 569 g/mol. The van der Waals surface area contributed by atoms with Gasteiger partial charge in [0.05, 0.1) is 0 Å². The number of hydrogen-bond donors (Lipinski definition) is 0. The van der Waals surface area contributed by atoms with Gasteiger partial charge in [-0.15, -0.1) is 0 Å². The molecule has 1 heterocycles. The second-order valence-electron chi connectivity index (χ2n) is 15.7. The largest absolute Gasteiger partial charge is 0.356 e. The molecule has 0 aliphatic carbocycles. The van der Waals surface area contributed by atoms with Crippen LogP contribution in [0.1, 0.15) is 258 Å². The van der Waals surface area contributed by atoms with E-state index in [4.69, 9.17) is 0 Å². The van der Waals surface area contributed by atoms with Crippen molar-refractivity contribution in [1.29, 1.82) is 0 Å². The SMILES string of the molecule is CCCCCCCCCCCCCCC1N(CCCCCCCCCCCCCC)C=CN1CCCCCCCCCCCCCC. The summed E-state index contributed by atoms with van der Waals surface area (Å²) in [6.07, 6.45) is 58.9. The first-order valence-electron chi connectivity index (χ1n) is 22.5. The van der Waals surface area contributed by atoms with Crippen LogP contribution in [0.15, 0.2) is 12.4 Å². The Morgan fingerprint density at radius 3 is 0.745 bits per heavy atom. The van der Waals surface area contributed by atoms with E-state index in [0.29, 0.717) is 6.17 Å². The molecule has 1 rings (SSSR count). The monoisotopic (exact) mass is 659 g/mol. The molecule has 2 nitrogen and oxygen atoms in total. The maximum absolute atomic E-state index is 2.73. The number of rotatable bonds is 39. The van der Waals surface area contributed by atoms with E-state index in [1.165, 1.54) is 251 Å². The second-order valence-corrected chi connectivity index (χ2v) is 15.7. The summed E-state index contributed by atoms with van der Waals surface area (Å²) in [6, 6.07) is 0. The first kappa shape index (κ1) is 44.4. The van der Waals surface area contributed by atoms with E-state index in [0.717, 1.165) is 0 Å². The minimum atomic E-state index is 0.638. The van der Waals surface area contributed by atoms with Gasteiger partial charge < -0.3 is 9.80 Å². The molecule has 1 aliphatic heterocycles. The Kier molecular flexibility index (Phi) is 34.6. The maximum Gasteiger partial charge on any atom is 0.101 e. The fraction of sp³-hybridized carbons (Fsp3) is 0.956. The van der Waals surface area contributed by atoms with E-state index >= 15 is 0 Å². The highest BCUT2D eigenvalue weighted by Crippen LogP contribution is 2.24. The van der Waals surface area contributed by atoms with Crippen LogP contribution >= 0.6 is 0 Å². The number of nitrogens with zero attached hydrogens (tertiary/aromatic N) is 2. The van der Waals surface area contributed by atoms with Crippen LogP contribution in [0.2, 0.25) is 0 Å². The molecule has 47 heavy (non-hydrogen) atoms. The number of hydrogen-bond acceptors (Lipinski definition) is 2. The molecule has 0 aromatic rings. The highest BCUT2D eigenvalue weighted by molar-refractivity contribution is 4.97. The molecule has 0 aromatic heterocycles. The summed E-state index contributed by atoms with van der Waals surface area (Å²) in [5.41, 5.74) is 0. The Morgan fingerprint density at radius 1 is 0.277 bits per heavy atom. The molecule has 0 N–H and O–H groups in total. The van der Waals surface area contributed by atoms with Crippen molar-refractivity contribution >= 4 is 0 Å². The van der Waals surface area contributed by atoms with Crippen LogP contribution in [-0.4, -0.2) is 29.1 Å². The highest BCUT2D eigenvalue weighted by Gasteiger charge is 2.24. The zero-order valence-corrected chi connectivity index (χ0v) is 33.2. The van der Waals surface area contributed by atoms with Crippen molar-refractivity contribution in [2.75, 3.05) is 13.1 Å². The van der Waals surface area contributed by atoms with E-state index in [9.17, 15) is 0 Å². The normalized spacial score (nSPS) is 13.5. The third kappa shape index (κ3) is 28.8. The third-order valence-electron chi connectivity index (χ3n) is 11.1. The first-order valence-corrected chi connectivity index (χ1v) is 22.5. The van der Waals surface area contributed by atoms with Gasteiger partial charge >= 0.3 is 0 Å². The maximum atomic E-state index is 2.73. The second kappa shape index (κ2) is 36.6. The van der Waals surface area contributed by atoms with E-state index < -0.39 is 0 Å². The Labute approximate surface area is 299 Å². The summed E-state index contributed by atoms with van der Waals surface area (Å²) in [4.78, 5) is 5.46. The zero-order valence-electron chi connectivity index (χ0n) is 33.2. The first-order chi connectivity index (χ1) is 23.3. The van der Waals surface area contributed by atoms with Crippen LogP contribution < -0.4 is 0 Å². The van der Waals surface area contributed by atoms with Gasteiger partial charge in [0, 0.05) is 25.5 Å². The molecule has 0 atom stereocenters. The summed E-state index contributed by atoms with van der Waals surface area (Å²) in [7, 11) is 0. The quantitative estimate of drug-likeness (QED) is 0.0606. The van der Waals surface area contributed by atoms with Gasteiger partial charge in [0.1, 0.15) is 6.17 Å². The molecule has 0 radical (unpaired) electrons. The lowest BCUT2D eigenvalue weighted by Crippen LogP contribution is -2.39. The van der Waals surface area contributed by atoms with Gasteiger partial charge in [-0.25, -0.2) is 0 Å². The fourth-order valence-corrected chi connectivity index (χ4v) is 7.78. The Morgan fingerprint density at radius 2 is 0.489 bits per heavy atom. The Balaban J connectivity index is 2.22. The molecule has 0 spiro atoms. The molecule has 0 amide bonds. The van der Waals surface area contributed by atoms with Crippen molar-refractivity contribution < 1.29 is 0 Å². The predicted molar refractivity (Wildman–Crippen MR) is 214 cm³/mol. The van der Waals surface area contributed by atoms with Gasteiger partial charge in [0.15, 0.2) is 0 Å². The van der Waals surface area contributed by atoms with Crippen LogP contribution in [0.5, 0.6) is 0 Å². The van der Waals surface area contributed by atoms with Crippen molar-refractivity contribution in [3.8, 4) is 0 Å². The predicted octanol–water partition coefficient (Wildman–Crippen LogP) is 15.9. The van der Waals surface area contributed by atoms with Gasteiger partial charge in [0.25, 0.3) is 0 Å². The minimum Gasteiger partial charge on any atom is -0.356 e. The van der Waals surface area contributed by atoms with Crippen molar-refractivity contribution in [1.82, 2.24) is 9.80 Å². The molecule has 0 saturated heterocycles. The van der Waals surface area contributed by atoms with Gasteiger partial charge in [0.2, 0.25) is 0 Å². The Bertz CT molecular complexity index is 577. The zero-order chi connectivity index (χ0) is 33.7. The van der Waals surface area contributed by atoms with Gasteiger partial charge in [-0.2, -0.15) is 0 Å². The van der Waals surface area contributed by atoms with E-state index in [1.54, 1.807) is 0 Å². The minimum absolute atomic E-state index is 0.638. The fourth-order valence-electron chi connectivity index (χ4n) is 7.78. The van der Waals surface area contributed by atoms with Gasteiger partial charge in [-0.1, -0.05) is 233 Å². The molecule has 0 aromatic carbocycles. The van der Waals surface area contributed by atoms with Crippen LogP contribution in [0.25, 0.3) is 0 Å². The smallest absolute Gasteiger partial charge is 0.101 e. The van der Waals surface area contributed by atoms with E-state index in [1.807, 2.05) is 0 Å². The summed E-state index contributed by atoms with van der Waals surface area (Å²) < 4.78 is 0. The summed E-state index contributed by atoms with van der Waals surface area (Å²) in [5.74, 6) is 0. The highest BCUT2D eigenvalue weighted by atomic mass is 15.4. The van der Waals surface area contributed by atoms with Gasteiger partial charge in [-0.3, -0.25) is 0 Å². The lowest BCUT2D eigenvalue weighted by molar-refractivity contribution is 0.135.